The van der Waals surface area contributed by atoms with Crippen LogP contribution >= 0.6 is 11.6 Å². The normalized spacial score (nSPS) is 21.6. The number of nitrogens with one attached hydrogen (secondary N) is 3. The summed E-state index contributed by atoms with van der Waals surface area (Å²) in [5.41, 5.74) is 0.0145. The molecule has 2 aliphatic rings. The zero-order valence-electron chi connectivity index (χ0n) is 24.1. The smallest absolute Gasteiger partial charge is 0.423 e. The Morgan fingerprint density at radius 3 is 2.48 bits per heavy atom. The maximum Gasteiger partial charge on any atom is 0.423 e. The van der Waals surface area contributed by atoms with Crippen molar-refractivity contribution in [1.29, 1.82) is 0 Å². The lowest BCUT2D eigenvalue weighted by molar-refractivity contribution is -0.140. The molecule has 234 valence electrons. The van der Waals surface area contributed by atoms with E-state index in [-0.39, 0.29) is 12.0 Å². The Kier molecular flexibility index (Phi) is 10.5. The predicted octanol–water partition coefficient (Wildman–Crippen LogP) is 4.89. The Morgan fingerprint density at radius 1 is 1.14 bits per heavy atom. The molecule has 1 aromatic heterocycles. The second-order valence-corrected chi connectivity index (χ2v) is 13.2. The number of likely N-dealkylation sites (tertiary alicyclic amines) is 1. The lowest BCUT2D eigenvalue weighted by Gasteiger charge is -2.32. The molecule has 2 fully saturated rings. The van der Waals surface area contributed by atoms with Gasteiger partial charge in [0, 0.05) is 23.3 Å². The van der Waals surface area contributed by atoms with Crippen LogP contribution < -0.4 is 24.8 Å². The zero-order chi connectivity index (χ0) is 30.7. The lowest BCUT2D eigenvalue weighted by atomic mass is 9.93. The monoisotopic (exact) mass is 634 g/mol. The third kappa shape index (κ3) is 8.59. The van der Waals surface area contributed by atoms with Gasteiger partial charge in [0.25, 0.3) is 0 Å². The van der Waals surface area contributed by atoms with Gasteiger partial charge >= 0.3 is 6.18 Å². The molecular weight excluding hydrogens is 597 g/mol. The molecule has 2 aromatic rings. The molecule has 42 heavy (non-hydrogen) atoms. The fraction of sp³-hybridized carbons (Fsp3) is 0.630. The number of ether oxygens (including phenoxy) is 2. The summed E-state index contributed by atoms with van der Waals surface area (Å²) in [5, 5.41) is 6.97. The van der Waals surface area contributed by atoms with E-state index in [1.54, 1.807) is 12.1 Å². The number of piperidine rings is 1. The Morgan fingerprint density at radius 2 is 1.83 bits per heavy atom. The van der Waals surface area contributed by atoms with Crippen LogP contribution in [0.4, 0.5) is 24.8 Å². The van der Waals surface area contributed by atoms with Crippen LogP contribution in [0.3, 0.4) is 0 Å². The summed E-state index contributed by atoms with van der Waals surface area (Å²) >= 11 is 6.66. The fourth-order valence-corrected chi connectivity index (χ4v) is 6.56. The van der Waals surface area contributed by atoms with Crippen molar-refractivity contribution in [3.63, 3.8) is 0 Å². The van der Waals surface area contributed by atoms with Crippen LogP contribution in [-0.4, -0.2) is 75.0 Å². The highest BCUT2D eigenvalue weighted by molar-refractivity contribution is 7.88. The standard InChI is InChI=1S/C27H38ClF3N6O4S/c1-16(33-17-9-11-37(2)12-10-17)18-13-24(40-3)22(14-20(18)28)34-26-32-15-19(27(29,30)31)25(35-26)41-23-8-6-5-7-21(23)36-42(4,38)39/h13-17,21,23,33,36H,5-12H2,1-4H3,(H,32,34,35)/t16?,21-,23-/m1/s1. The van der Waals surface area contributed by atoms with Gasteiger partial charge in [0.15, 0.2) is 0 Å². The summed E-state index contributed by atoms with van der Waals surface area (Å²) in [7, 11) is -0.0165. The first-order valence-corrected chi connectivity index (χ1v) is 16.2. The largest absolute Gasteiger partial charge is 0.495 e. The fourth-order valence-electron chi connectivity index (χ4n) is 5.41. The van der Waals surface area contributed by atoms with E-state index in [0.29, 0.717) is 48.0 Å². The van der Waals surface area contributed by atoms with Crippen LogP contribution in [0.15, 0.2) is 18.3 Å². The molecule has 0 bridgehead atoms. The Hall–Kier alpha value is -2.39. The maximum atomic E-state index is 13.9. The number of anilines is 2. The first kappa shape index (κ1) is 32.5. The maximum absolute atomic E-state index is 13.9. The second-order valence-electron chi connectivity index (χ2n) is 11.0. The van der Waals surface area contributed by atoms with Gasteiger partial charge in [0.2, 0.25) is 21.9 Å². The van der Waals surface area contributed by atoms with Crippen molar-refractivity contribution in [2.45, 2.75) is 75.9 Å². The van der Waals surface area contributed by atoms with Crippen molar-refractivity contribution < 1.29 is 31.1 Å². The number of aromatic nitrogens is 2. The van der Waals surface area contributed by atoms with Crippen LogP contribution in [0, 0.1) is 0 Å². The number of nitrogens with zero attached hydrogens (tertiary/aromatic N) is 3. The molecule has 1 aliphatic carbocycles. The highest BCUT2D eigenvalue weighted by Crippen LogP contribution is 2.39. The quantitative estimate of drug-likeness (QED) is 0.336. The minimum atomic E-state index is -4.79. The summed E-state index contributed by atoms with van der Waals surface area (Å²) in [6.07, 6.45) is 0.267. The molecule has 1 aliphatic heterocycles. The molecular formula is C27H38ClF3N6O4S. The Labute approximate surface area is 249 Å². The van der Waals surface area contributed by atoms with E-state index in [2.05, 4.69) is 37.3 Å². The molecule has 1 aromatic carbocycles. The molecule has 1 unspecified atom stereocenters. The van der Waals surface area contributed by atoms with Crippen molar-refractivity contribution in [2.75, 3.05) is 38.8 Å². The number of alkyl halides is 3. The van der Waals surface area contributed by atoms with E-state index in [0.717, 1.165) is 44.2 Å². The molecule has 3 atom stereocenters. The second kappa shape index (κ2) is 13.5. The summed E-state index contributed by atoms with van der Waals surface area (Å²) in [5.74, 6) is -0.451. The minimum Gasteiger partial charge on any atom is -0.495 e. The molecule has 4 rings (SSSR count). The van der Waals surface area contributed by atoms with Crippen molar-refractivity contribution in [2.24, 2.45) is 0 Å². The number of methoxy groups -OCH3 is 1. The minimum absolute atomic E-state index is 0.0693. The van der Waals surface area contributed by atoms with Gasteiger partial charge in [-0.3, -0.25) is 0 Å². The lowest BCUT2D eigenvalue weighted by Crippen LogP contribution is -2.47. The third-order valence-corrected chi connectivity index (χ3v) is 8.68. The Balaban J connectivity index is 1.57. The number of hydrogen-bond acceptors (Lipinski definition) is 9. The van der Waals surface area contributed by atoms with Gasteiger partial charge in [-0.05, 0) is 76.9 Å². The Bertz CT molecular complexity index is 1340. The average Bonchev–Trinajstić information content (AvgIpc) is 2.90. The first-order valence-electron chi connectivity index (χ1n) is 13.9. The van der Waals surface area contributed by atoms with E-state index in [1.165, 1.54) is 7.11 Å². The number of sulfonamides is 1. The average molecular weight is 635 g/mol. The predicted molar refractivity (Wildman–Crippen MR) is 155 cm³/mol. The number of halogens is 4. The summed E-state index contributed by atoms with van der Waals surface area (Å²) in [6, 6.07) is 3.00. The molecule has 10 nitrogen and oxygen atoms in total. The SMILES string of the molecule is COc1cc(C(C)NC2CCN(C)CC2)c(Cl)cc1Nc1ncc(C(F)(F)F)c(O[C@@H]2CCCC[C@H]2NS(C)(=O)=O)n1. The molecule has 3 N–H and O–H groups in total. The van der Waals surface area contributed by atoms with Crippen molar-refractivity contribution in [3.05, 3.63) is 34.5 Å². The van der Waals surface area contributed by atoms with Crippen molar-refractivity contribution in [3.8, 4) is 11.6 Å². The molecule has 1 saturated carbocycles. The molecule has 0 spiro atoms. The van der Waals surface area contributed by atoms with Crippen LogP contribution in [0.2, 0.25) is 5.02 Å². The van der Waals surface area contributed by atoms with Crippen LogP contribution in [0.25, 0.3) is 0 Å². The molecule has 2 heterocycles. The van der Waals surface area contributed by atoms with Gasteiger partial charge in [-0.15, -0.1) is 0 Å². The van der Waals surface area contributed by atoms with Crippen molar-refractivity contribution in [1.82, 2.24) is 24.9 Å². The van der Waals surface area contributed by atoms with Crippen LogP contribution in [-0.2, 0) is 16.2 Å². The topological polar surface area (TPSA) is 118 Å². The van der Waals surface area contributed by atoms with E-state index in [1.807, 2.05) is 6.92 Å². The van der Waals surface area contributed by atoms with Crippen LogP contribution in [0.1, 0.15) is 62.6 Å². The molecule has 1 saturated heterocycles. The molecule has 15 heteroatoms. The highest BCUT2D eigenvalue weighted by atomic mass is 35.5. The number of hydrogen-bond donors (Lipinski definition) is 3. The first-order chi connectivity index (χ1) is 19.7. The van der Waals surface area contributed by atoms with E-state index >= 15 is 0 Å². The van der Waals surface area contributed by atoms with E-state index in [9.17, 15) is 21.6 Å². The van der Waals surface area contributed by atoms with Gasteiger partial charge in [0.1, 0.15) is 17.4 Å². The highest BCUT2D eigenvalue weighted by Gasteiger charge is 2.38. The molecule has 0 radical (unpaired) electrons. The van der Waals surface area contributed by atoms with Crippen LogP contribution in [0.5, 0.6) is 11.6 Å². The van der Waals surface area contributed by atoms with Gasteiger partial charge in [-0.25, -0.2) is 18.1 Å². The summed E-state index contributed by atoms with van der Waals surface area (Å²) < 4.78 is 79.1. The zero-order valence-corrected chi connectivity index (χ0v) is 25.7. The summed E-state index contributed by atoms with van der Waals surface area (Å²) in [4.78, 5) is 10.2. The van der Waals surface area contributed by atoms with Gasteiger partial charge in [-0.2, -0.15) is 18.2 Å². The summed E-state index contributed by atoms with van der Waals surface area (Å²) in [6.45, 7) is 4.04. The number of rotatable bonds is 10. The third-order valence-electron chi connectivity index (χ3n) is 7.63. The molecule has 0 amide bonds. The van der Waals surface area contributed by atoms with E-state index in [4.69, 9.17) is 21.1 Å². The van der Waals surface area contributed by atoms with Gasteiger partial charge in [-0.1, -0.05) is 18.0 Å². The number of benzene rings is 1. The van der Waals surface area contributed by atoms with E-state index < -0.39 is 39.8 Å². The van der Waals surface area contributed by atoms with Gasteiger partial charge in [0.05, 0.1) is 25.1 Å². The van der Waals surface area contributed by atoms with Crippen molar-refractivity contribution >= 4 is 33.3 Å². The van der Waals surface area contributed by atoms with Gasteiger partial charge < -0.3 is 25.0 Å².